The smallest absolute Gasteiger partial charge is 0.226 e. The van der Waals surface area contributed by atoms with Gasteiger partial charge in [0, 0.05) is 11.1 Å². The molecule has 0 amide bonds. The predicted molar refractivity (Wildman–Crippen MR) is 109 cm³/mol. The van der Waals surface area contributed by atoms with Crippen molar-refractivity contribution < 1.29 is 19.1 Å². The minimum absolute atomic E-state index is 0.0337. The lowest BCUT2D eigenvalue weighted by Crippen LogP contribution is -2.02. The Morgan fingerprint density at radius 2 is 1.66 bits per heavy atom. The normalized spacial score (nSPS) is 10.7. The van der Waals surface area contributed by atoms with E-state index in [1.54, 1.807) is 42.5 Å². The van der Waals surface area contributed by atoms with E-state index in [2.05, 4.69) is 4.98 Å². The second-order valence-electron chi connectivity index (χ2n) is 6.55. The fourth-order valence-electron chi connectivity index (χ4n) is 2.94. The van der Waals surface area contributed by atoms with Crippen molar-refractivity contribution >= 4 is 5.78 Å². The number of carbonyl (C=O) groups excluding carboxylic acids is 1. The molecule has 1 heterocycles. The number of ketones is 1. The zero-order chi connectivity index (χ0) is 20.2. The number of nitrogens with zero attached hydrogens (tertiary/aromatic N) is 1. The maximum absolute atomic E-state index is 12.5. The van der Waals surface area contributed by atoms with Gasteiger partial charge in [0.25, 0.3) is 0 Å². The second-order valence-corrected chi connectivity index (χ2v) is 6.55. The first-order valence-corrected chi connectivity index (χ1v) is 9.19. The van der Waals surface area contributed by atoms with Gasteiger partial charge in [-0.1, -0.05) is 30.3 Å². The average molecular weight is 385 g/mol. The Kier molecular flexibility index (Phi) is 5.12. The van der Waals surface area contributed by atoms with Crippen molar-refractivity contribution in [2.75, 3.05) is 0 Å². The summed E-state index contributed by atoms with van der Waals surface area (Å²) in [4.78, 5) is 17.0. The number of phenols is 1. The third-order valence-electron chi connectivity index (χ3n) is 4.55. The van der Waals surface area contributed by atoms with Crippen LogP contribution < -0.4 is 4.74 Å². The highest BCUT2D eigenvalue weighted by molar-refractivity contribution is 6.10. The van der Waals surface area contributed by atoms with E-state index in [0.717, 1.165) is 11.3 Å². The average Bonchev–Trinajstić information content (AvgIpc) is 3.14. The van der Waals surface area contributed by atoms with Crippen molar-refractivity contribution in [3.8, 4) is 23.0 Å². The number of aryl methyl sites for hydroxylation is 1. The number of aromatic hydroxyl groups is 1. The van der Waals surface area contributed by atoms with Crippen molar-refractivity contribution in [3.05, 3.63) is 101 Å². The van der Waals surface area contributed by atoms with Gasteiger partial charge in [0.15, 0.2) is 5.78 Å². The molecule has 0 saturated carbocycles. The highest BCUT2D eigenvalue weighted by Crippen LogP contribution is 2.24. The van der Waals surface area contributed by atoms with Gasteiger partial charge >= 0.3 is 0 Å². The monoisotopic (exact) mass is 385 g/mol. The molecule has 0 aliphatic heterocycles. The number of ether oxygens (including phenoxy) is 1. The molecule has 0 unspecified atom stereocenters. The first kappa shape index (κ1) is 18.5. The zero-order valence-electron chi connectivity index (χ0n) is 15.8. The van der Waals surface area contributed by atoms with Crippen LogP contribution in [0.4, 0.5) is 0 Å². The summed E-state index contributed by atoms with van der Waals surface area (Å²) in [6.45, 7) is 2.11. The molecule has 0 spiro atoms. The van der Waals surface area contributed by atoms with E-state index in [4.69, 9.17) is 9.15 Å². The van der Waals surface area contributed by atoms with Crippen LogP contribution in [0.5, 0.6) is 11.5 Å². The van der Waals surface area contributed by atoms with Gasteiger partial charge in [-0.2, -0.15) is 0 Å². The third-order valence-corrected chi connectivity index (χ3v) is 4.55. The SMILES string of the molecule is Cc1oc(-c2ccccc2)nc1COc1ccc(C(=O)c2ccccc2O)cc1. The van der Waals surface area contributed by atoms with E-state index in [1.165, 1.54) is 6.07 Å². The lowest BCUT2D eigenvalue weighted by atomic mass is 10.0. The number of benzene rings is 3. The van der Waals surface area contributed by atoms with Crippen molar-refractivity contribution in [2.45, 2.75) is 13.5 Å². The molecule has 0 radical (unpaired) electrons. The lowest BCUT2D eigenvalue weighted by Gasteiger charge is -2.07. The molecular formula is C24H19NO4. The zero-order valence-corrected chi connectivity index (χ0v) is 15.8. The van der Waals surface area contributed by atoms with Crippen LogP contribution in [0, 0.1) is 6.92 Å². The first-order chi connectivity index (χ1) is 14.1. The van der Waals surface area contributed by atoms with Gasteiger partial charge in [0.1, 0.15) is 29.6 Å². The van der Waals surface area contributed by atoms with E-state index in [1.807, 2.05) is 37.3 Å². The minimum atomic E-state index is -0.241. The largest absolute Gasteiger partial charge is 0.507 e. The van der Waals surface area contributed by atoms with Gasteiger partial charge in [-0.3, -0.25) is 4.79 Å². The van der Waals surface area contributed by atoms with Crippen molar-refractivity contribution in [2.24, 2.45) is 0 Å². The summed E-state index contributed by atoms with van der Waals surface area (Å²) < 4.78 is 11.5. The third kappa shape index (κ3) is 4.04. The van der Waals surface area contributed by atoms with Crippen LogP contribution in [0.15, 0.2) is 83.3 Å². The maximum atomic E-state index is 12.5. The molecule has 0 aliphatic rings. The van der Waals surface area contributed by atoms with E-state index >= 15 is 0 Å². The molecule has 5 nitrogen and oxygen atoms in total. The summed E-state index contributed by atoms with van der Waals surface area (Å²) in [6, 6.07) is 23.0. The van der Waals surface area contributed by atoms with Gasteiger partial charge in [0.05, 0.1) is 5.56 Å². The number of aromatic nitrogens is 1. The van der Waals surface area contributed by atoms with Gasteiger partial charge in [0.2, 0.25) is 5.89 Å². The highest BCUT2D eigenvalue weighted by atomic mass is 16.5. The molecule has 29 heavy (non-hydrogen) atoms. The van der Waals surface area contributed by atoms with E-state index in [-0.39, 0.29) is 23.7 Å². The topological polar surface area (TPSA) is 72.6 Å². The van der Waals surface area contributed by atoms with Crippen LogP contribution in [-0.4, -0.2) is 15.9 Å². The van der Waals surface area contributed by atoms with E-state index in [9.17, 15) is 9.90 Å². The Balaban J connectivity index is 1.44. The number of carbonyl (C=O) groups is 1. The van der Waals surface area contributed by atoms with Gasteiger partial charge in [-0.05, 0) is 55.5 Å². The summed E-state index contributed by atoms with van der Waals surface area (Å²) >= 11 is 0. The number of hydrogen-bond donors (Lipinski definition) is 1. The van der Waals surface area contributed by atoms with Gasteiger partial charge in [-0.15, -0.1) is 0 Å². The maximum Gasteiger partial charge on any atom is 0.226 e. The van der Waals surface area contributed by atoms with Crippen LogP contribution in [0.25, 0.3) is 11.5 Å². The second kappa shape index (κ2) is 8.02. The minimum Gasteiger partial charge on any atom is -0.507 e. The van der Waals surface area contributed by atoms with Crippen LogP contribution in [0.1, 0.15) is 27.4 Å². The standard InChI is InChI=1S/C24H19NO4/c1-16-21(25-24(29-16)18-7-3-2-4-8-18)15-28-19-13-11-17(12-14-19)23(27)20-9-5-6-10-22(20)26/h2-14,26H,15H2,1H3. The molecule has 1 N–H and O–H groups in total. The van der Waals surface area contributed by atoms with E-state index < -0.39 is 0 Å². The molecule has 0 saturated heterocycles. The molecule has 0 fully saturated rings. The molecule has 0 atom stereocenters. The van der Waals surface area contributed by atoms with Crippen LogP contribution in [0.2, 0.25) is 0 Å². The number of para-hydroxylation sites is 1. The predicted octanol–water partition coefficient (Wildman–Crippen LogP) is 5.17. The quantitative estimate of drug-likeness (QED) is 0.464. The lowest BCUT2D eigenvalue weighted by molar-refractivity contribution is 0.103. The van der Waals surface area contributed by atoms with Crippen LogP contribution in [-0.2, 0) is 6.61 Å². The number of phenolic OH excluding ortho intramolecular Hbond substituents is 1. The fourth-order valence-corrected chi connectivity index (χ4v) is 2.94. The number of hydrogen-bond acceptors (Lipinski definition) is 5. The number of rotatable bonds is 6. The molecular weight excluding hydrogens is 366 g/mol. The highest BCUT2D eigenvalue weighted by Gasteiger charge is 2.14. The first-order valence-electron chi connectivity index (χ1n) is 9.19. The molecule has 4 rings (SSSR count). The van der Waals surface area contributed by atoms with Crippen LogP contribution in [0.3, 0.4) is 0 Å². The summed E-state index contributed by atoms with van der Waals surface area (Å²) in [7, 11) is 0. The van der Waals surface area contributed by atoms with Crippen molar-refractivity contribution in [3.63, 3.8) is 0 Å². The molecule has 1 aromatic heterocycles. The number of oxazole rings is 1. The molecule has 5 heteroatoms. The Bertz CT molecular complexity index is 1130. The molecule has 0 aliphatic carbocycles. The van der Waals surface area contributed by atoms with E-state index in [0.29, 0.717) is 23.0 Å². The summed E-state index contributed by atoms with van der Waals surface area (Å²) in [5.41, 5.74) is 2.38. The Morgan fingerprint density at radius 1 is 0.966 bits per heavy atom. The molecule has 144 valence electrons. The van der Waals surface area contributed by atoms with Crippen molar-refractivity contribution in [1.82, 2.24) is 4.98 Å². The van der Waals surface area contributed by atoms with Crippen molar-refractivity contribution in [1.29, 1.82) is 0 Å². The fraction of sp³-hybridized carbons (Fsp3) is 0.0833. The van der Waals surface area contributed by atoms with Crippen LogP contribution >= 0.6 is 0 Å². The Labute approximate surface area is 168 Å². The molecule has 4 aromatic rings. The molecule has 0 bridgehead atoms. The summed E-state index contributed by atoms with van der Waals surface area (Å²) in [5.74, 6) is 1.60. The summed E-state index contributed by atoms with van der Waals surface area (Å²) in [6.07, 6.45) is 0. The molecule has 3 aromatic carbocycles. The summed E-state index contributed by atoms with van der Waals surface area (Å²) in [5, 5.41) is 9.86. The van der Waals surface area contributed by atoms with Gasteiger partial charge < -0.3 is 14.3 Å². The van der Waals surface area contributed by atoms with Gasteiger partial charge in [-0.25, -0.2) is 4.98 Å². The Morgan fingerprint density at radius 3 is 2.38 bits per heavy atom. The Hall–Kier alpha value is -3.86.